The third-order valence-electron chi connectivity index (χ3n) is 2.98. The Bertz CT molecular complexity index is 463. The van der Waals surface area contributed by atoms with Gasteiger partial charge in [-0.3, -0.25) is 14.5 Å². The van der Waals surface area contributed by atoms with Gasteiger partial charge in [0.15, 0.2) is 6.04 Å². The summed E-state index contributed by atoms with van der Waals surface area (Å²) in [6, 6.07) is -2.86. The van der Waals surface area contributed by atoms with Crippen LogP contribution in [-0.4, -0.2) is 58.4 Å². The summed E-state index contributed by atoms with van der Waals surface area (Å²) in [4.78, 5) is 34.8. The quantitative estimate of drug-likeness (QED) is 0.770. The normalized spacial score (nSPS) is 22.8. The molecule has 21 heavy (non-hydrogen) atoms. The lowest BCUT2D eigenvalue weighted by atomic mass is 10.1. The largest absolute Gasteiger partial charge is 0.480 e. The molecule has 0 saturated carbocycles. The van der Waals surface area contributed by atoms with Gasteiger partial charge in [-0.2, -0.15) is 13.2 Å². The fourth-order valence-electron chi connectivity index (χ4n) is 1.95. The average molecular weight is 312 g/mol. The van der Waals surface area contributed by atoms with E-state index in [9.17, 15) is 27.6 Å². The van der Waals surface area contributed by atoms with Crippen molar-refractivity contribution in [1.82, 2.24) is 10.2 Å². The highest BCUT2D eigenvalue weighted by Gasteiger charge is 2.49. The van der Waals surface area contributed by atoms with Crippen LogP contribution < -0.4 is 5.32 Å². The lowest BCUT2D eigenvalue weighted by molar-refractivity contribution is -0.176. The van der Waals surface area contributed by atoms with Crippen LogP contribution in [0.5, 0.6) is 0 Å². The Kier molecular flexibility index (Phi) is 4.51. The van der Waals surface area contributed by atoms with Crippen LogP contribution in [0.3, 0.4) is 0 Å². The van der Waals surface area contributed by atoms with Crippen molar-refractivity contribution in [3.05, 3.63) is 0 Å². The highest BCUT2D eigenvalue weighted by molar-refractivity contribution is 5.92. The second kappa shape index (κ2) is 5.51. The Balaban J connectivity index is 2.89. The summed E-state index contributed by atoms with van der Waals surface area (Å²) in [5.41, 5.74) is -1.29. The number of alkyl halides is 3. The molecule has 1 fully saturated rings. The highest BCUT2D eigenvalue weighted by atomic mass is 19.4. The molecule has 1 aliphatic rings. The smallest absolute Gasteiger partial charge is 0.471 e. The van der Waals surface area contributed by atoms with E-state index in [-0.39, 0.29) is 6.61 Å². The van der Waals surface area contributed by atoms with E-state index in [0.29, 0.717) is 0 Å². The molecule has 0 spiro atoms. The summed E-state index contributed by atoms with van der Waals surface area (Å²) >= 11 is 0. The predicted molar refractivity (Wildman–Crippen MR) is 62.0 cm³/mol. The second-order valence-electron chi connectivity index (χ2n) is 5.01. The van der Waals surface area contributed by atoms with Crippen molar-refractivity contribution in [3.8, 4) is 0 Å². The molecule has 1 saturated heterocycles. The molecule has 0 radical (unpaired) electrons. The summed E-state index contributed by atoms with van der Waals surface area (Å²) in [6.45, 7) is 3.57. The third-order valence-corrected chi connectivity index (χ3v) is 2.98. The van der Waals surface area contributed by atoms with Gasteiger partial charge in [0.05, 0.1) is 6.61 Å². The lowest BCUT2D eigenvalue weighted by Gasteiger charge is -2.34. The van der Waals surface area contributed by atoms with Crippen LogP contribution in [-0.2, 0) is 19.1 Å². The number of hydrogen-bond donors (Lipinski definition) is 2. The Morgan fingerprint density at radius 1 is 1.38 bits per heavy atom. The first-order chi connectivity index (χ1) is 9.38. The second-order valence-corrected chi connectivity index (χ2v) is 5.01. The van der Waals surface area contributed by atoms with Gasteiger partial charge in [-0.25, -0.2) is 4.79 Å². The number of nitrogens with one attached hydrogen (secondary N) is 1. The Hall–Kier alpha value is -1.84. The molecule has 2 atom stereocenters. The number of rotatable bonds is 3. The van der Waals surface area contributed by atoms with Gasteiger partial charge in [0.2, 0.25) is 5.91 Å². The first kappa shape index (κ1) is 17.2. The van der Waals surface area contributed by atoms with Gasteiger partial charge in [0, 0.05) is 0 Å². The Labute approximate surface area is 118 Å². The predicted octanol–water partition coefficient (Wildman–Crippen LogP) is 0.101. The minimum absolute atomic E-state index is 0.284. The van der Waals surface area contributed by atoms with E-state index in [1.54, 1.807) is 0 Å². The molecule has 0 aliphatic carbocycles. The van der Waals surface area contributed by atoms with Crippen LogP contribution >= 0.6 is 0 Å². The summed E-state index contributed by atoms with van der Waals surface area (Å²) in [6.07, 6.45) is -5.13. The summed E-state index contributed by atoms with van der Waals surface area (Å²) in [5, 5.41) is 10.5. The van der Waals surface area contributed by atoms with Crippen molar-refractivity contribution in [1.29, 1.82) is 0 Å². The standard InChI is InChI=1S/C11H15F3N2O5/c1-5(15-9(20)11(12,13)14)7(17)16-6(8(18)19)4-21-10(16,2)3/h5-6H,4H2,1-3H3,(H,15,20)(H,18,19)/t5-,6-/m0/s1. The molecule has 10 heteroatoms. The number of carbonyl (C=O) groups is 3. The van der Waals surface area contributed by atoms with Gasteiger partial charge in [-0.05, 0) is 20.8 Å². The molecule has 0 aromatic rings. The van der Waals surface area contributed by atoms with E-state index in [1.165, 1.54) is 19.2 Å². The topological polar surface area (TPSA) is 95.9 Å². The van der Waals surface area contributed by atoms with Crippen molar-refractivity contribution in [3.63, 3.8) is 0 Å². The Morgan fingerprint density at radius 3 is 2.33 bits per heavy atom. The zero-order valence-corrected chi connectivity index (χ0v) is 11.5. The number of carbonyl (C=O) groups excluding carboxylic acids is 2. The van der Waals surface area contributed by atoms with Gasteiger partial charge < -0.3 is 15.2 Å². The van der Waals surface area contributed by atoms with E-state index in [1.807, 2.05) is 0 Å². The fraction of sp³-hybridized carbons (Fsp3) is 0.727. The maximum Gasteiger partial charge on any atom is 0.471 e. The average Bonchev–Trinajstić information content (AvgIpc) is 2.62. The number of aliphatic carboxylic acids is 1. The van der Waals surface area contributed by atoms with Crippen LogP contribution in [0.4, 0.5) is 13.2 Å². The highest BCUT2D eigenvalue weighted by Crippen LogP contribution is 2.28. The number of carboxylic acid groups (broad SMARTS) is 1. The van der Waals surface area contributed by atoms with Gasteiger partial charge >= 0.3 is 18.1 Å². The molecular formula is C11H15F3N2O5. The van der Waals surface area contributed by atoms with Crippen LogP contribution in [0.15, 0.2) is 0 Å². The molecular weight excluding hydrogens is 297 g/mol. The molecule has 2 N–H and O–H groups in total. The minimum atomic E-state index is -5.13. The zero-order valence-electron chi connectivity index (χ0n) is 11.5. The molecule has 1 aliphatic heterocycles. The van der Waals surface area contributed by atoms with Crippen LogP contribution in [0.2, 0.25) is 0 Å². The number of hydrogen-bond acceptors (Lipinski definition) is 4. The summed E-state index contributed by atoms with van der Waals surface area (Å²) < 4.78 is 41.6. The van der Waals surface area contributed by atoms with E-state index in [4.69, 9.17) is 9.84 Å². The van der Waals surface area contributed by atoms with Crippen molar-refractivity contribution in [2.75, 3.05) is 6.61 Å². The van der Waals surface area contributed by atoms with Crippen molar-refractivity contribution >= 4 is 17.8 Å². The zero-order chi connectivity index (χ0) is 16.6. The van der Waals surface area contributed by atoms with E-state index < -0.39 is 41.8 Å². The van der Waals surface area contributed by atoms with Crippen LogP contribution in [0.25, 0.3) is 0 Å². The molecule has 0 bridgehead atoms. The first-order valence-corrected chi connectivity index (χ1v) is 5.95. The van der Waals surface area contributed by atoms with Crippen LogP contribution in [0.1, 0.15) is 20.8 Å². The van der Waals surface area contributed by atoms with E-state index >= 15 is 0 Å². The maximum absolute atomic E-state index is 12.2. The molecule has 7 nitrogen and oxygen atoms in total. The summed E-state index contributed by atoms with van der Waals surface area (Å²) in [5.74, 6) is -4.58. The fourth-order valence-corrected chi connectivity index (χ4v) is 1.95. The molecule has 0 aromatic carbocycles. The van der Waals surface area contributed by atoms with Crippen LogP contribution in [0, 0.1) is 0 Å². The van der Waals surface area contributed by atoms with Crippen molar-refractivity contribution in [2.24, 2.45) is 0 Å². The summed E-state index contributed by atoms with van der Waals surface area (Å²) in [7, 11) is 0. The SMILES string of the molecule is C[C@H](NC(=O)C(F)(F)F)C(=O)N1[C@H](C(=O)O)COC1(C)C. The number of nitrogens with zero attached hydrogens (tertiary/aromatic N) is 1. The molecule has 0 unspecified atom stereocenters. The lowest BCUT2D eigenvalue weighted by Crippen LogP contribution is -2.57. The minimum Gasteiger partial charge on any atom is -0.480 e. The monoisotopic (exact) mass is 312 g/mol. The third kappa shape index (κ3) is 3.63. The molecule has 1 heterocycles. The number of ether oxygens (including phenoxy) is 1. The van der Waals surface area contributed by atoms with Gasteiger partial charge in [0.1, 0.15) is 11.8 Å². The van der Waals surface area contributed by atoms with Gasteiger partial charge in [-0.15, -0.1) is 0 Å². The van der Waals surface area contributed by atoms with E-state index in [2.05, 4.69) is 0 Å². The number of amides is 2. The molecule has 120 valence electrons. The maximum atomic E-state index is 12.2. The van der Waals surface area contributed by atoms with Crippen molar-refractivity contribution < 1.29 is 37.4 Å². The van der Waals surface area contributed by atoms with Gasteiger partial charge in [0.25, 0.3) is 0 Å². The van der Waals surface area contributed by atoms with Crippen molar-refractivity contribution in [2.45, 2.75) is 44.8 Å². The molecule has 0 aromatic heterocycles. The molecule has 1 rings (SSSR count). The first-order valence-electron chi connectivity index (χ1n) is 5.95. The molecule has 2 amide bonds. The van der Waals surface area contributed by atoms with Gasteiger partial charge in [-0.1, -0.05) is 0 Å². The number of halogens is 3. The number of carboxylic acids is 1. The van der Waals surface area contributed by atoms with E-state index in [0.717, 1.165) is 11.8 Å². The Morgan fingerprint density at radius 2 is 1.90 bits per heavy atom.